The maximum atomic E-state index is 9.60. The third kappa shape index (κ3) is 1.89. The maximum Gasteiger partial charge on any atom is 0.0621 e. The predicted octanol–water partition coefficient (Wildman–Crippen LogP) is 1.58. The molecule has 1 saturated carbocycles. The lowest BCUT2D eigenvalue weighted by molar-refractivity contribution is -0.0728. The quantitative estimate of drug-likeness (QED) is 0.733. The van der Waals surface area contributed by atoms with Crippen LogP contribution in [0.4, 0.5) is 5.69 Å². The summed E-state index contributed by atoms with van der Waals surface area (Å²) in [7, 11) is 0. The van der Waals surface area contributed by atoms with Crippen molar-refractivity contribution in [1.29, 1.82) is 0 Å². The molecule has 0 amide bonds. The first-order chi connectivity index (χ1) is 7.01. The Hall–Kier alpha value is -0.580. The van der Waals surface area contributed by atoms with E-state index in [1.54, 1.807) is 11.3 Å². The first kappa shape index (κ1) is 10.9. The zero-order valence-electron chi connectivity index (χ0n) is 9.16. The van der Waals surface area contributed by atoms with Crippen molar-refractivity contribution in [2.45, 2.75) is 39.0 Å². The van der Waals surface area contributed by atoms with Gasteiger partial charge in [0.15, 0.2) is 0 Å². The van der Waals surface area contributed by atoms with Gasteiger partial charge in [-0.15, -0.1) is 11.3 Å². The van der Waals surface area contributed by atoms with Crippen LogP contribution in [0, 0.1) is 5.41 Å². The van der Waals surface area contributed by atoms with E-state index < -0.39 is 0 Å². The predicted molar refractivity (Wildman–Crippen MR) is 63.8 cm³/mol. The van der Waals surface area contributed by atoms with Crippen molar-refractivity contribution in [3.63, 3.8) is 0 Å². The second kappa shape index (κ2) is 3.77. The van der Waals surface area contributed by atoms with Gasteiger partial charge in [0.1, 0.15) is 0 Å². The highest BCUT2D eigenvalue weighted by molar-refractivity contribution is 7.10. The minimum absolute atomic E-state index is 0.00792. The largest absolute Gasteiger partial charge is 0.398 e. The number of rotatable bonds is 3. The Labute approximate surface area is 94.3 Å². The van der Waals surface area contributed by atoms with Gasteiger partial charge in [-0.05, 0) is 17.9 Å². The fraction of sp³-hybridized carbons (Fsp3) is 0.636. The molecule has 0 bridgehead atoms. The smallest absolute Gasteiger partial charge is 0.0621 e. The molecule has 0 radical (unpaired) electrons. The molecule has 1 heterocycles. The van der Waals surface area contributed by atoms with Gasteiger partial charge in [-0.1, -0.05) is 13.8 Å². The molecule has 0 saturated heterocycles. The Balaban J connectivity index is 1.88. The summed E-state index contributed by atoms with van der Waals surface area (Å²) in [5, 5.41) is 15.1. The van der Waals surface area contributed by atoms with E-state index in [0.717, 1.165) is 18.7 Å². The average Bonchev–Trinajstić information content (AvgIpc) is 2.58. The maximum absolute atomic E-state index is 9.60. The van der Waals surface area contributed by atoms with Crippen LogP contribution in [0.2, 0.25) is 0 Å². The fourth-order valence-electron chi connectivity index (χ4n) is 1.96. The van der Waals surface area contributed by atoms with E-state index in [0.29, 0.717) is 6.04 Å². The topological polar surface area (TPSA) is 58.3 Å². The van der Waals surface area contributed by atoms with Crippen LogP contribution in [0.1, 0.15) is 25.1 Å². The molecular weight excluding hydrogens is 208 g/mol. The van der Waals surface area contributed by atoms with Crippen LogP contribution in [-0.4, -0.2) is 17.3 Å². The summed E-state index contributed by atoms with van der Waals surface area (Å²) in [6.07, 6.45) is 0.675. The molecule has 2 rings (SSSR count). The monoisotopic (exact) mass is 226 g/mol. The Bertz CT molecular complexity index is 348. The van der Waals surface area contributed by atoms with Crippen molar-refractivity contribution < 1.29 is 5.11 Å². The third-order valence-corrected chi connectivity index (χ3v) is 4.44. The fourth-order valence-corrected chi connectivity index (χ4v) is 2.71. The number of nitrogens with one attached hydrogen (secondary N) is 1. The van der Waals surface area contributed by atoms with Crippen LogP contribution in [0.25, 0.3) is 0 Å². The van der Waals surface area contributed by atoms with Crippen molar-refractivity contribution >= 4 is 17.0 Å². The molecule has 3 nitrogen and oxygen atoms in total. The molecule has 1 aliphatic rings. The van der Waals surface area contributed by atoms with E-state index in [2.05, 4.69) is 19.2 Å². The number of hydrogen-bond acceptors (Lipinski definition) is 4. The Morgan fingerprint density at radius 3 is 2.87 bits per heavy atom. The van der Waals surface area contributed by atoms with Gasteiger partial charge < -0.3 is 16.2 Å². The molecule has 15 heavy (non-hydrogen) atoms. The second-order valence-electron chi connectivity index (χ2n) is 4.81. The Kier molecular flexibility index (Phi) is 2.75. The van der Waals surface area contributed by atoms with Crippen molar-refractivity contribution in [3.8, 4) is 0 Å². The van der Waals surface area contributed by atoms with Crippen LogP contribution in [-0.2, 0) is 6.54 Å². The number of aliphatic hydroxyl groups excluding tert-OH is 1. The molecule has 4 heteroatoms. The van der Waals surface area contributed by atoms with E-state index in [1.807, 2.05) is 11.4 Å². The van der Waals surface area contributed by atoms with Crippen LogP contribution in [0.5, 0.6) is 0 Å². The Morgan fingerprint density at radius 2 is 2.40 bits per heavy atom. The molecule has 0 aliphatic heterocycles. The molecule has 4 N–H and O–H groups in total. The molecular formula is C11H18N2OS. The molecule has 1 fully saturated rings. The van der Waals surface area contributed by atoms with E-state index in [1.165, 1.54) is 4.88 Å². The summed E-state index contributed by atoms with van der Waals surface area (Å²) >= 11 is 1.68. The highest BCUT2D eigenvalue weighted by Crippen LogP contribution is 2.40. The lowest BCUT2D eigenvalue weighted by atomic mass is 9.64. The average molecular weight is 226 g/mol. The lowest BCUT2D eigenvalue weighted by Crippen LogP contribution is -2.59. The van der Waals surface area contributed by atoms with Gasteiger partial charge in [-0.25, -0.2) is 0 Å². The SMILES string of the molecule is CC1(C)C(O)CC1NCc1sccc1N. The van der Waals surface area contributed by atoms with Crippen molar-refractivity contribution in [2.24, 2.45) is 5.41 Å². The highest BCUT2D eigenvalue weighted by atomic mass is 32.1. The van der Waals surface area contributed by atoms with Gasteiger partial charge in [-0.2, -0.15) is 0 Å². The van der Waals surface area contributed by atoms with Gasteiger partial charge in [0, 0.05) is 28.6 Å². The summed E-state index contributed by atoms with van der Waals surface area (Å²) < 4.78 is 0. The van der Waals surface area contributed by atoms with E-state index >= 15 is 0 Å². The molecule has 1 aromatic rings. The molecule has 1 aromatic heterocycles. The number of nitrogen functional groups attached to an aromatic ring is 1. The Morgan fingerprint density at radius 1 is 1.67 bits per heavy atom. The number of thiophene rings is 1. The first-order valence-corrected chi connectivity index (χ1v) is 6.13. The number of hydrogen-bond donors (Lipinski definition) is 3. The lowest BCUT2D eigenvalue weighted by Gasteiger charge is -2.49. The van der Waals surface area contributed by atoms with Crippen LogP contribution in [0.15, 0.2) is 11.4 Å². The summed E-state index contributed by atoms with van der Waals surface area (Å²) in [5.41, 5.74) is 6.66. The second-order valence-corrected chi connectivity index (χ2v) is 5.81. The van der Waals surface area contributed by atoms with Crippen LogP contribution in [0.3, 0.4) is 0 Å². The van der Waals surface area contributed by atoms with Crippen LogP contribution < -0.4 is 11.1 Å². The molecule has 0 aromatic carbocycles. The molecule has 84 valence electrons. The van der Waals surface area contributed by atoms with E-state index in [4.69, 9.17) is 5.73 Å². The zero-order chi connectivity index (χ0) is 11.1. The molecule has 1 aliphatic carbocycles. The summed E-state index contributed by atoms with van der Waals surface area (Å²) in [6.45, 7) is 5.00. The standard InChI is InChI=1S/C11H18N2OS/c1-11(2)9(5-10(11)14)13-6-8-7(12)3-4-15-8/h3-4,9-10,13-14H,5-6,12H2,1-2H3. The zero-order valence-corrected chi connectivity index (χ0v) is 9.97. The summed E-state index contributed by atoms with van der Waals surface area (Å²) in [5.74, 6) is 0. The molecule has 2 atom stereocenters. The van der Waals surface area contributed by atoms with Gasteiger partial charge in [-0.3, -0.25) is 0 Å². The van der Waals surface area contributed by atoms with Crippen molar-refractivity contribution in [3.05, 3.63) is 16.3 Å². The first-order valence-electron chi connectivity index (χ1n) is 5.25. The van der Waals surface area contributed by atoms with Gasteiger partial charge in [0.2, 0.25) is 0 Å². The minimum Gasteiger partial charge on any atom is -0.398 e. The molecule has 0 spiro atoms. The molecule has 2 unspecified atom stereocenters. The minimum atomic E-state index is -0.171. The normalized spacial score (nSPS) is 28.7. The van der Waals surface area contributed by atoms with Gasteiger partial charge in [0.25, 0.3) is 0 Å². The number of nitrogens with two attached hydrogens (primary N) is 1. The highest BCUT2D eigenvalue weighted by Gasteiger charge is 2.46. The van der Waals surface area contributed by atoms with Gasteiger partial charge in [0.05, 0.1) is 6.10 Å². The van der Waals surface area contributed by atoms with Gasteiger partial charge >= 0.3 is 0 Å². The number of anilines is 1. The third-order valence-electron chi connectivity index (χ3n) is 3.50. The number of aliphatic hydroxyl groups is 1. The summed E-state index contributed by atoms with van der Waals surface area (Å²) in [4.78, 5) is 1.19. The van der Waals surface area contributed by atoms with E-state index in [9.17, 15) is 5.11 Å². The van der Waals surface area contributed by atoms with Crippen molar-refractivity contribution in [1.82, 2.24) is 5.32 Å². The van der Waals surface area contributed by atoms with Crippen molar-refractivity contribution in [2.75, 3.05) is 5.73 Å². The van der Waals surface area contributed by atoms with Crippen LogP contribution >= 0.6 is 11.3 Å². The summed E-state index contributed by atoms with van der Waals surface area (Å²) in [6, 6.07) is 2.33. The van der Waals surface area contributed by atoms with E-state index in [-0.39, 0.29) is 11.5 Å².